The van der Waals surface area contributed by atoms with E-state index in [9.17, 15) is 0 Å². The third-order valence-corrected chi connectivity index (χ3v) is 3.75. The quantitative estimate of drug-likeness (QED) is 0.796. The van der Waals surface area contributed by atoms with Crippen molar-refractivity contribution in [2.24, 2.45) is 5.92 Å². The number of hydrogen-bond donors (Lipinski definition) is 1. The Hall–Kier alpha value is -0.990. The summed E-state index contributed by atoms with van der Waals surface area (Å²) >= 11 is 0. The molecular formula is C13H21N3. The topological polar surface area (TPSA) is 29.9 Å². The van der Waals surface area contributed by atoms with Crippen LogP contribution in [0.5, 0.6) is 0 Å². The molecule has 1 heterocycles. The molecular weight excluding hydrogens is 198 g/mol. The molecule has 88 valence electrons. The molecule has 1 N–H and O–H groups in total. The fourth-order valence-corrected chi connectivity index (χ4v) is 2.34. The Morgan fingerprint density at radius 2 is 2.25 bits per heavy atom. The molecule has 3 nitrogen and oxygen atoms in total. The van der Waals surface area contributed by atoms with Crippen LogP contribution in [0.25, 0.3) is 0 Å². The number of hydrogen-bond acceptors (Lipinski definition) is 2. The van der Waals surface area contributed by atoms with Gasteiger partial charge in [0, 0.05) is 24.5 Å². The molecule has 16 heavy (non-hydrogen) atoms. The maximum atomic E-state index is 4.44. The fraction of sp³-hybridized carbons (Fsp3) is 0.769. The Bertz CT molecular complexity index is 350. The summed E-state index contributed by atoms with van der Waals surface area (Å²) in [6, 6.07) is 1.34. The molecule has 1 unspecified atom stereocenters. The molecule has 0 spiro atoms. The van der Waals surface area contributed by atoms with Crippen LogP contribution in [0.15, 0.2) is 12.4 Å². The van der Waals surface area contributed by atoms with Gasteiger partial charge >= 0.3 is 0 Å². The second-order valence-electron chi connectivity index (χ2n) is 5.32. The second kappa shape index (κ2) is 4.11. The summed E-state index contributed by atoms with van der Waals surface area (Å²) in [7, 11) is 0. The minimum absolute atomic E-state index is 0.649. The first-order valence-corrected chi connectivity index (χ1v) is 6.66. The lowest BCUT2D eigenvalue weighted by Crippen LogP contribution is -2.14. The highest BCUT2D eigenvalue weighted by atomic mass is 15.2. The zero-order valence-corrected chi connectivity index (χ0v) is 10.0. The normalized spacial score (nSPS) is 22.1. The molecule has 0 radical (unpaired) electrons. The van der Waals surface area contributed by atoms with Gasteiger partial charge in [0.05, 0.1) is 0 Å². The van der Waals surface area contributed by atoms with Gasteiger partial charge in [-0.05, 0) is 31.6 Å². The molecule has 2 saturated carbocycles. The Morgan fingerprint density at radius 1 is 1.44 bits per heavy atom. The van der Waals surface area contributed by atoms with E-state index >= 15 is 0 Å². The average molecular weight is 219 g/mol. The zero-order valence-electron chi connectivity index (χ0n) is 10.0. The second-order valence-corrected chi connectivity index (χ2v) is 5.32. The van der Waals surface area contributed by atoms with E-state index in [-0.39, 0.29) is 0 Å². The summed E-state index contributed by atoms with van der Waals surface area (Å²) in [5, 5.41) is 3.52. The van der Waals surface area contributed by atoms with Gasteiger partial charge in [-0.25, -0.2) is 4.98 Å². The van der Waals surface area contributed by atoms with E-state index in [0.29, 0.717) is 12.1 Å². The van der Waals surface area contributed by atoms with Crippen LogP contribution in [0.1, 0.15) is 51.5 Å². The summed E-state index contributed by atoms with van der Waals surface area (Å²) in [5.41, 5.74) is 0. The molecule has 0 aliphatic heterocycles. The van der Waals surface area contributed by atoms with Gasteiger partial charge in [-0.1, -0.05) is 19.8 Å². The van der Waals surface area contributed by atoms with Crippen molar-refractivity contribution in [3.8, 4) is 0 Å². The number of aromatic nitrogens is 2. The van der Waals surface area contributed by atoms with E-state index < -0.39 is 0 Å². The number of nitrogens with zero attached hydrogens (tertiary/aromatic N) is 2. The van der Waals surface area contributed by atoms with Crippen molar-refractivity contribution < 1.29 is 0 Å². The number of anilines is 1. The van der Waals surface area contributed by atoms with Gasteiger partial charge in [-0.15, -0.1) is 0 Å². The largest absolute Gasteiger partial charge is 0.353 e. The van der Waals surface area contributed by atoms with Crippen molar-refractivity contribution >= 4 is 5.95 Å². The van der Waals surface area contributed by atoms with E-state index in [1.54, 1.807) is 0 Å². The molecule has 3 rings (SSSR count). The van der Waals surface area contributed by atoms with Crippen molar-refractivity contribution in [3.05, 3.63) is 12.4 Å². The Balaban J connectivity index is 1.70. The molecule has 1 atom stereocenters. The van der Waals surface area contributed by atoms with Crippen LogP contribution in [0.3, 0.4) is 0 Å². The molecule has 2 aliphatic rings. The predicted octanol–water partition coefficient (Wildman–Crippen LogP) is 3.21. The summed E-state index contributed by atoms with van der Waals surface area (Å²) in [4.78, 5) is 4.44. The summed E-state index contributed by atoms with van der Waals surface area (Å²) in [5.74, 6) is 2.08. The first-order chi connectivity index (χ1) is 7.86. The lowest BCUT2D eigenvalue weighted by atomic mass is 10.1. The number of imidazole rings is 1. The Morgan fingerprint density at radius 3 is 2.88 bits per heavy atom. The smallest absolute Gasteiger partial charge is 0.203 e. The molecule has 3 heteroatoms. The van der Waals surface area contributed by atoms with Gasteiger partial charge in [0.15, 0.2) is 0 Å². The van der Waals surface area contributed by atoms with Gasteiger partial charge in [0.2, 0.25) is 5.95 Å². The van der Waals surface area contributed by atoms with E-state index in [4.69, 9.17) is 0 Å². The molecule has 0 bridgehead atoms. The third kappa shape index (κ3) is 2.23. The standard InChI is InChI=1S/C13H21N3/c1-2-12(9-10-3-4-10)16-8-7-14-13(16)15-11-5-6-11/h7-8,10-12H,2-6,9H2,1H3,(H,14,15). The zero-order chi connectivity index (χ0) is 11.0. The van der Waals surface area contributed by atoms with Gasteiger partial charge in [-0.2, -0.15) is 0 Å². The Labute approximate surface area is 97.3 Å². The van der Waals surface area contributed by atoms with Gasteiger partial charge in [-0.3, -0.25) is 0 Å². The third-order valence-electron chi connectivity index (χ3n) is 3.75. The summed E-state index contributed by atoms with van der Waals surface area (Å²) in [6.07, 6.45) is 12.1. The van der Waals surface area contributed by atoms with Crippen molar-refractivity contribution in [1.82, 2.24) is 9.55 Å². The van der Waals surface area contributed by atoms with E-state index in [1.165, 1.54) is 38.5 Å². The van der Waals surface area contributed by atoms with Crippen LogP contribution in [0.4, 0.5) is 5.95 Å². The lowest BCUT2D eigenvalue weighted by Gasteiger charge is -2.19. The minimum atomic E-state index is 0.649. The van der Waals surface area contributed by atoms with Crippen LogP contribution in [0, 0.1) is 5.92 Å². The highest BCUT2D eigenvalue weighted by Gasteiger charge is 2.28. The maximum Gasteiger partial charge on any atom is 0.203 e. The average Bonchev–Trinajstić information content (AvgIpc) is 3.18. The van der Waals surface area contributed by atoms with Crippen LogP contribution in [0.2, 0.25) is 0 Å². The fourth-order valence-electron chi connectivity index (χ4n) is 2.34. The molecule has 2 aliphatic carbocycles. The first-order valence-electron chi connectivity index (χ1n) is 6.66. The van der Waals surface area contributed by atoms with Gasteiger partial charge in [0.25, 0.3) is 0 Å². The van der Waals surface area contributed by atoms with E-state index in [0.717, 1.165) is 11.9 Å². The Kier molecular flexibility index (Phi) is 2.62. The van der Waals surface area contributed by atoms with Crippen molar-refractivity contribution in [2.75, 3.05) is 5.32 Å². The lowest BCUT2D eigenvalue weighted by molar-refractivity contribution is 0.432. The van der Waals surface area contributed by atoms with Gasteiger partial charge in [0.1, 0.15) is 0 Å². The number of nitrogens with one attached hydrogen (secondary N) is 1. The highest BCUT2D eigenvalue weighted by Crippen LogP contribution is 2.38. The first kappa shape index (κ1) is 10.2. The predicted molar refractivity (Wildman–Crippen MR) is 65.5 cm³/mol. The van der Waals surface area contributed by atoms with Crippen molar-refractivity contribution in [1.29, 1.82) is 0 Å². The monoisotopic (exact) mass is 219 g/mol. The summed E-state index contributed by atoms with van der Waals surface area (Å²) in [6.45, 7) is 2.29. The van der Waals surface area contributed by atoms with Crippen molar-refractivity contribution in [2.45, 2.75) is 57.5 Å². The van der Waals surface area contributed by atoms with Crippen LogP contribution < -0.4 is 5.32 Å². The maximum absolute atomic E-state index is 4.44. The van der Waals surface area contributed by atoms with Crippen LogP contribution in [-0.2, 0) is 0 Å². The minimum Gasteiger partial charge on any atom is -0.353 e. The molecule has 0 aromatic carbocycles. The molecule has 1 aromatic rings. The van der Waals surface area contributed by atoms with E-state index in [2.05, 4.69) is 28.0 Å². The molecule has 0 amide bonds. The number of rotatable bonds is 6. The van der Waals surface area contributed by atoms with Crippen molar-refractivity contribution in [3.63, 3.8) is 0 Å². The molecule has 2 fully saturated rings. The summed E-state index contributed by atoms with van der Waals surface area (Å²) < 4.78 is 2.36. The highest BCUT2D eigenvalue weighted by molar-refractivity contribution is 5.30. The van der Waals surface area contributed by atoms with Crippen LogP contribution in [-0.4, -0.2) is 15.6 Å². The van der Waals surface area contributed by atoms with E-state index in [1.807, 2.05) is 6.20 Å². The molecule has 0 saturated heterocycles. The van der Waals surface area contributed by atoms with Crippen LogP contribution >= 0.6 is 0 Å². The molecule has 1 aromatic heterocycles. The SMILES string of the molecule is CCC(CC1CC1)n1ccnc1NC1CC1. The van der Waals surface area contributed by atoms with Gasteiger partial charge < -0.3 is 9.88 Å².